The quantitative estimate of drug-likeness (QED) is 0.619. The molecule has 20 heavy (non-hydrogen) atoms. The van der Waals surface area contributed by atoms with Crippen molar-refractivity contribution >= 4 is 28.8 Å². The number of hydrogen-bond donors (Lipinski definition) is 0. The highest BCUT2D eigenvalue weighted by molar-refractivity contribution is 7.99. The summed E-state index contributed by atoms with van der Waals surface area (Å²) in [6.07, 6.45) is 0.886. The molecule has 0 heterocycles. The molecule has 0 aromatic heterocycles. The largest absolute Gasteiger partial charge is 0.298 e. The SMILES string of the molecule is Cc1cc(C=O)ccc1Sc1ccc2ccccc2c1. The molecule has 0 aliphatic heterocycles. The second-order valence-electron chi connectivity index (χ2n) is 4.75. The van der Waals surface area contributed by atoms with Crippen LogP contribution in [0, 0.1) is 6.92 Å². The van der Waals surface area contributed by atoms with Gasteiger partial charge in [0.25, 0.3) is 0 Å². The fraction of sp³-hybridized carbons (Fsp3) is 0.0556. The van der Waals surface area contributed by atoms with Crippen LogP contribution in [0.1, 0.15) is 15.9 Å². The molecule has 3 aromatic rings. The molecule has 3 aromatic carbocycles. The van der Waals surface area contributed by atoms with Gasteiger partial charge in [0.1, 0.15) is 6.29 Å². The summed E-state index contributed by atoms with van der Waals surface area (Å²) in [6.45, 7) is 2.04. The average Bonchev–Trinajstić information content (AvgIpc) is 2.49. The van der Waals surface area contributed by atoms with E-state index in [1.165, 1.54) is 20.6 Å². The molecule has 0 aliphatic rings. The Balaban J connectivity index is 1.94. The number of aldehydes is 1. The lowest BCUT2D eigenvalue weighted by Gasteiger charge is -2.07. The highest BCUT2D eigenvalue weighted by atomic mass is 32.2. The smallest absolute Gasteiger partial charge is 0.150 e. The van der Waals surface area contributed by atoms with Gasteiger partial charge in [0.15, 0.2) is 0 Å². The summed E-state index contributed by atoms with van der Waals surface area (Å²) in [6, 6.07) is 20.6. The van der Waals surface area contributed by atoms with Crippen LogP contribution >= 0.6 is 11.8 Å². The second-order valence-corrected chi connectivity index (χ2v) is 5.87. The number of rotatable bonds is 3. The minimum absolute atomic E-state index is 0.727. The highest BCUT2D eigenvalue weighted by Crippen LogP contribution is 2.32. The molecule has 0 N–H and O–H groups in total. The molecular formula is C18H14OS. The van der Waals surface area contributed by atoms with E-state index in [1.54, 1.807) is 11.8 Å². The van der Waals surface area contributed by atoms with Crippen LogP contribution in [0.4, 0.5) is 0 Å². The van der Waals surface area contributed by atoms with Crippen molar-refractivity contribution in [1.82, 2.24) is 0 Å². The summed E-state index contributed by atoms with van der Waals surface area (Å²) in [5.41, 5.74) is 1.86. The molecule has 0 spiro atoms. The number of carbonyl (C=O) groups excluding carboxylic acids is 1. The van der Waals surface area contributed by atoms with E-state index < -0.39 is 0 Å². The zero-order chi connectivity index (χ0) is 13.9. The first kappa shape index (κ1) is 12.9. The Kier molecular flexibility index (Phi) is 3.57. The highest BCUT2D eigenvalue weighted by Gasteiger charge is 2.03. The van der Waals surface area contributed by atoms with E-state index in [1.807, 2.05) is 25.1 Å². The lowest BCUT2D eigenvalue weighted by molar-refractivity contribution is 0.112. The van der Waals surface area contributed by atoms with Crippen molar-refractivity contribution in [2.45, 2.75) is 16.7 Å². The molecule has 2 heteroatoms. The van der Waals surface area contributed by atoms with Gasteiger partial charge in [-0.25, -0.2) is 0 Å². The van der Waals surface area contributed by atoms with Gasteiger partial charge in [0.05, 0.1) is 0 Å². The normalized spacial score (nSPS) is 10.7. The molecule has 0 bridgehead atoms. The average molecular weight is 278 g/mol. The van der Waals surface area contributed by atoms with Gasteiger partial charge < -0.3 is 0 Å². The molecule has 0 unspecified atom stereocenters. The molecule has 98 valence electrons. The standard InChI is InChI=1S/C18H14OS/c1-13-10-14(12-19)6-9-18(13)20-17-8-7-15-4-2-3-5-16(15)11-17/h2-12H,1H3. The number of aryl methyl sites for hydroxylation is 1. The fourth-order valence-electron chi connectivity index (χ4n) is 2.22. The minimum Gasteiger partial charge on any atom is -0.298 e. The van der Waals surface area contributed by atoms with Crippen molar-refractivity contribution in [1.29, 1.82) is 0 Å². The predicted molar refractivity (Wildman–Crippen MR) is 84.6 cm³/mol. The van der Waals surface area contributed by atoms with E-state index in [0.29, 0.717) is 0 Å². The molecule has 0 saturated carbocycles. The molecule has 3 rings (SSSR count). The number of benzene rings is 3. The second kappa shape index (κ2) is 5.51. The number of fused-ring (bicyclic) bond motifs is 1. The Bertz CT molecular complexity index is 777. The van der Waals surface area contributed by atoms with Crippen molar-refractivity contribution in [3.8, 4) is 0 Å². The minimum atomic E-state index is 0.727. The molecule has 0 aliphatic carbocycles. The first-order valence-corrected chi connectivity index (χ1v) is 7.30. The third kappa shape index (κ3) is 2.61. The van der Waals surface area contributed by atoms with E-state index in [-0.39, 0.29) is 0 Å². The van der Waals surface area contributed by atoms with Crippen LogP contribution in [0.5, 0.6) is 0 Å². The van der Waals surface area contributed by atoms with E-state index in [0.717, 1.165) is 17.4 Å². The van der Waals surface area contributed by atoms with Gasteiger partial charge in [0, 0.05) is 15.4 Å². The molecule has 0 saturated heterocycles. The first-order chi connectivity index (χ1) is 9.76. The fourth-order valence-corrected chi connectivity index (χ4v) is 3.15. The molecule has 0 fully saturated rings. The summed E-state index contributed by atoms with van der Waals surface area (Å²) in [5, 5.41) is 2.50. The monoisotopic (exact) mass is 278 g/mol. The maximum atomic E-state index is 10.8. The summed E-state index contributed by atoms with van der Waals surface area (Å²) >= 11 is 1.73. The zero-order valence-corrected chi connectivity index (χ0v) is 12.0. The van der Waals surface area contributed by atoms with Gasteiger partial charge >= 0.3 is 0 Å². The summed E-state index contributed by atoms with van der Waals surface area (Å²) in [5.74, 6) is 0. The number of hydrogen-bond acceptors (Lipinski definition) is 2. The molecule has 0 atom stereocenters. The van der Waals surface area contributed by atoms with E-state index >= 15 is 0 Å². The Morgan fingerprint density at radius 3 is 2.45 bits per heavy atom. The van der Waals surface area contributed by atoms with Crippen LogP contribution < -0.4 is 0 Å². The molecular weight excluding hydrogens is 264 g/mol. The van der Waals surface area contributed by atoms with Crippen molar-refractivity contribution in [2.24, 2.45) is 0 Å². The van der Waals surface area contributed by atoms with Crippen LogP contribution in [-0.2, 0) is 0 Å². The van der Waals surface area contributed by atoms with E-state index in [2.05, 4.69) is 42.5 Å². The van der Waals surface area contributed by atoms with Gasteiger partial charge in [-0.15, -0.1) is 0 Å². The van der Waals surface area contributed by atoms with Gasteiger partial charge in [-0.1, -0.05) is 48.2 Å². The zero-order valence-electron chi connectivity index (χ0n) is 11.2. The van der Waals surface area contributed by atoms with Gasteiger partial charge in [-0.05, 0) is 47.5 Å². The van der Waals surface area contributed by atoms with Gasteiger partial charge in [0.2, 0.25) is 0 Å². The summed E-state index contributed by atoms with van der Waals surface area (Å²) < 4.78 is 0. The van der Waals surface area contributed by atoms with Crippen LogP contribution in [0.3, 0.4) is 0 Å². The van der Waals surface area contributed by atoms with Crippen LogP contribution in [0.25, 0.3) is 10.8 Å². The first-order valence-electron chi connectivity index (χ1n) is 6.49. The predicted octanol–water partition coefficient (Wildman–Crippen LogP) is 5.11. The Morgan fingerprint density at radius 2 is 1.70 bits per heavy atom. The van der Waals surface area contributed by atoms with Crippen LogP contribution in [0.2, 0.25) is 0 Å². The molecule has 0 amide bonds. The topological polar surface area (TPSA) is 17.1 Å². The summed E-state index contributed by atoms with van der Waals surface area (Å²) in [4.78, 5) is 13.2. The van der Waals surface area contributed by atoms with Gasteiger partial charge in [-0.2, -0.15) is 0 Å². The Hall–Kier alpha value is -2.06. The lowest BCUT2D eigenvalue weighted by Crippen LogP contribution is -1.85. The maximum absolute atomic E-state index is 10.8. The Labute approximate surface area is 122 Å². The van der Waals surface area contributed by atoms with Crippen LogP contribution in [0.15, 0.2) is 70.5 Å². The molecule has 1 nitrogen and oxygen atoms in total. The van der Waals surface area contributed by atoms with E-state index in [4.69, 9.17) is 0 Å². The molecule has 0 radical (unpaired) electrons. The van der Waals surface area contributed by atoms with E-state index in [9.17, 15) is 4.79 Å². The maximum Gasteiger partial charge on any atom is 0.150 e. The van der Waals surface area contributed by atoms with Gasteiger partial charge in [-0.3, -0.25) is 4.79 Å². The third-order valence-corrected chi connectivity index (χ3v) is 4.45. The van der Waals surface area contributed by atoms with Crippen molar-refractivity contribution in [3.63, 3.8) is 0 Å². The van der Waals surface area contributed by atoms with Crippen molar-refractivity contribution in [2.75, 3.05) is 0 Å². The van der Waals surface area contributed by atoms with Crippen molar-refractivity contribution in [3.05, 3.63) is 71.8 Å². The lowest BCUT2D eigenvalue weighted by atomic mass is 10.1. The van der Waals surface area contributed by atoms with Crippen LogP contribution in [-0.4, -0.2) is 6.29 Å². The summed E-state index contributed by atoms with van der Waals surface area (Å²) in [7, 11) is 0. The van der Waals surface area contributed by atoms with Crippen molar-refractivity contribution < 1.29 is 4.79 Å². The third-order valence-electron chi connectivity index (χ3n) is 3.28. The Morgan fingerprint density at radius 1 is 0.900 bits per heavy atom. The number of carbonyl (C=O) groups is 1.